The molecule has 0 aliphatic carbocycles. The Morgan fingerprint density at radius 3 is 0.939 bits per heavy atom. The highest BCUT2D eigenvalue weighted by atomic mass is 16.5. The summed E-state index contributed by atoms with van der Waals surface area (Å²) in [7, 11) is 0. The molecule has 99 heavy (non-hydrogen) atoms. The first-order valence-corrected chi connectivity index (χ1v) is 34.0. The molecule has 14 aromatic carbocycles. The standard InChI is InChI=1S/C44H27B2NO3.C44H27B2NO2/c1-2-12-29-27-31(22-21-28(29)11-1)46-42-34-14-4-8-18-38(34)49-43(42)45(41-33-13-3-7-17-37(33)50-44(41)46)30-23-25-32(26-24-30)47-35-15-5-9-19-39(35)48-40-20-10-6-16-36(40)47;1-2-12-29-27-31(22-21-28(29)11-1)46-42-36-16-6-10-20-40(36)48-43(42)45(41-35-15-5-9-19-39(35)49-44(41)46)30-23-25-32(26-24-30)47-37-17-7-3-13-33(37)34-14-4-8-18-38(34)47/h1-27H;1-27H. The van der Waals surface area contributed by atoms with Crippen molar-refractivity contribution >= 4 is 197 Å². The van der Waals surface area contributed by atoms with E-state index in [0.717, 1.165) is 106 Å². The molecule has 3 aliphatic heterocycles. The summed E-state index contributed by atoms with van der Waals surface area (Å²) in [4.78, 5) is 2.28. The van der Waals surface area contributed by atoms with E-state index in [9.17, 15) is 0 Å². The summed E-state index contributed by atoms with van der Waals surface area (Å²) in [6.07, 6.45) is 0. The van der Waals surface area contributed by atoms with E-state index in [1.165, 1.54) is 81.6 Å². The molecule has 11 heteroatoms. The summed E-state index contributed by atoms with van der Waals surface area (Å²) in [5, 5.41) is 11.9. The number of aromatic nitrogens is 1. The molecule has 0 spiro atoms. The van der Waals surface area contributed by atoms with Crippen molar-refractivity contribution in [1.29, 1.82) is 0 Å². The Bertz CT molecular complexity index is 6370. The summed E-state index contributed by atoms with van der Waals surface area (Å²) in [5.74, 6) is 1.67. The number of ether oxygens (including phenoxy) is 1. The van der Waals surface area contributed by atoms with Gasteiger partial charge in [-0.25, -0.2) is 0 Å². The summed E-state index contributed by atoms with van der Waals surface area (Å²) in [6.45, 7) is -0.535. The van der Waals surface area contributed by atoms with Crippen molar-refractivity contribution in [2.75, 3.05) is 4.90 Å². The predicted molar refractivity (Wildman–Crippen MR) is 413 cm³/mol. The molecule has 458 valence electrons. The van der Waals surface area contributed by atoms with Crippen LogP contribution in [0.2, 0.25) is 0 Å². The van der Waals surface area contributed by atoms with Crippen LogP contribution in [-0.4, -0.2) is 31.4 Å². The van der Waals surface area contributed by atoms with Gasteiger partial charge < -0.3 is 31.9 Å². The van der Waals surface area contributed by atoms with Gasteiger partial charge in [-0.1, -0.05) is 265 Å². The molecule has 0 unspecified atom stereocenters. The molecule has 0 amide bonds. The minimum atomic E-state index is -0.161. The highest BCUT2D eigenvalue weighted by Gasteiger charge is 2.49. The quantitative estimate of drug-likeness (QED) is 0.155. The van der Waals surface area contributed by atoms with Crippen molar-refractivity contribution in [3.63, 3.8) is 0 Å². The van der Waals surface area contributed by atoms with Crippen molar-refractivity contribution < 1.29 is 22.4 Å². The zero-order valence-corrected chi connectivity index (χ0v) is 53.4. The average Bonchev–Trinajstić information content (AvgIpc) is 1.58. The minimum absolute atomic E-state index is 0.112. The topological polar surface area (TPSA) is 70.0 Å². The molecule has 0 radical (unpaired) electrons. The Balaban J connectivity index is 0.000000130. The molecule has 19 aromatic rings. The maximum absolute atomic E-state index is 6.94. The number of benzene rings is 14. The van der Waals surface area contributed by atoms with Crippen LogP contribution in [-0.2, 0) is 0 Å². The van der Waals surface area contributed by atoms with Gasteiger partial charge in [-0.15, -0.1) is 0 Å². The van der Waals surface area contributed by atoms with Crippen molar-refractivity contribution in [3.8, 4) is 17.2 Å². The maximum Gasteiger partial charge on any atom is 0.290 e. The molecule has 0 saturated carbocycles. The second-order valence-corrected chi connectivity index (χ2v) is 26.4. The molecule has 0 N–H and O–H groups in total. The van der Waals surface area contributed by atoms with Crippen molar-refractivity contribution in [2.24, 2.45) is 0 Å². The van der Waals surface area contributed by atoms with Crippen LogP contribution in [0.3, 0.4) is 0 Å². The summed E-state index contributed by atoms with van der Waals surface area (Å²) >= 11 is 0. The van der Waals surface area contributed by atoms with Gasteiger partial charge >= 0.3 is 0 Å². The Morgan fingerprint density at radius 2 is 0.535 bits per heavy atom. The Morgan fingerprint density at radius 1 is 0.232 bits per heavy atom. The van der Waals surface area contributed by atoms with Gasteiger partial charge in [-0.2, -0.15) is 0 Å². The lowest BCUT2D eigenvalue weighted by molar-refractivity contribution is 0.477. The number of hydrogen-bond acceptors (Lipinski definition) is 6. The van der Waals surface area contributed by atoms with Crippen molar-refractivity contribution in [3.05, 3.63) is 328 Å². The number of fused-ring (bicyclic) bond motifs is 19. The minimum Gasteiger partial charge on any atom is -0.471 e. The van der Waals surface area contributed by atoms with E-state index in [-0.39, 0.29) is 26.9 Å². The van der Waals surface area contributed by atoms with E-state index in [1.807, 2.05) is 24.3 Å². The molecule has 0 bridgehead atoms. The normalized spacial score (nSPS) is 13.0. The first kappa shape index (κ1) is 55.7. The van der Waals surface area contributed by atoms with E-state index in [0.29, 0.717) is 0 Å². The van der Waals surface area contributed by atoms with Gasteiger partial charge in [0.25, 0.3) is 26.9 Å². The van der Waals surface area contributed by atoms with Crippen LogP contribution in [0.25, 0.3) is 92.9 Å². The molecule has 7 nitrogen and oxygen atoms in total. The molecule has 0 fully saturated rings. The maximum atomic E-state index is 6.94. The fraction of sp³-hybridized carbons (Fsp3) is 0. The first-order valence-electron chi connectivity index (χ1n) is 34.0. The molecule has 5 aromatic heterocycles. The van der Waals surface area contributed by atoms with E-state index in [1.54, 1.807) is 0 Å². The third kappa shape index (κ3) is 8.57. The monoisotopic (exact) mass is 1260 g/mol. The third-order valence-electron chi connectivity index (χ3n) is 21.0. The van der Waals surface area contributed by atoms with Crippen LogP contribution in [0.5, 0.6) is 11.5 Å². The molecular formula is C88H54B4N2O5. The second kappa shape index (κ2) is 22.0. The first-order chi connectivity index (χ1) is 49.1. The number of rotatable bonds is 6. The van der Waals surface area contributed by atoms with Crippen LogP contribution in [0.1, 0.15) is 0 Å². The SMILES string of the molecule is c1ccc2c(c1)Oc1ccccc1N2c1ccc(B2c3oc4ccccc4c3B(c3ccc4ccccc4c3)c3oc4ccccc4c32)cc1.c1ccc2cc(B3c4oc5ccccc5c4B(c4ccc(-n5c6ccccc6c6ccccc65)cc4)c4oc5ccccc5c43)ccc2c1. The lowest BCUT2D eigenvalue weighted by Crippen LogP contribution is -2.73. The third-order valence-corrected chi connectivity index (χ3v) is 21.0. The number of anilines is 3. The number of para-hydroxylation sites is 10. The van der Waals surface area contributed by atoms with Gasteiger partial charge in [0.1, 0.15) is 22.3 Å². The predicted octanol–water partition coefficient (Wildman–Crippen LogP) is 14.0. The van der Waals surface area contributed by atoms with Crippen LogP contribution in [0.15, 0.2) is 345 Å². The summed E-state index contributed by atoms with van der Waals surface area (Å²) in [6, 6.07) is 116. The average molecular weight is 1260 g/mol. The van der Waals surface area contributed by atoms with Crippen LogP contribution < -0.4 is 76.0 Å². The lowest BCUT2D eigenvalue weighted by Gasteiger charge is -2.33. The number of nitrogens with zero attached hydrogens (tertiary/aromatic N) is 2. The summed E-state index contributed by atoms with van der Waals surface area (Å²) in [5.41, 5.74) is 23.6. The molecule has 0 atom stereocenters. The second-order valence-electron chi connectivity index (χ2n) is 26.4. The molecule has 3 aliphatic rings. The zero-order chi connectivity index (χ0) is 64.8. The van der Waals surface area contributed by atoms with Gasteiger partial charge in [-0.05, 0) is 128 Å². The summed E-state index contributed by atoms with van der Waals surface area (Å²) < 4.78 is 36.4. The van der Waals surface area contributed by atoms with Gasteiger partial charge in [0.05, 0.1) is 45.0 Å². The van der Waals surface area contributed by atoms with Gasteiger partial charge in [0.15, 0.2) is 11.5 Å². The fourth-order valence-corrected chi connectivity index (χ4v) is 16.8. The fourth-order valence-electron chi connectivity index (χ4n) is 16.8. The Hall–Kier alpha value is -12.6. The lowest BCUT2D eigenvalue weighted by atomic mass is 9.24. The zero-order valence-electron chi connectivity index (χ0n) is 53.4. The number of furan rings is 4. The molecular weight excluding hydrogens is 1210 g/mol. The highest BCUT2D eigenvalue weighted by Crippen LogP contribution is 2.50. The number of hydrogen-bond donors (Lipinski definition) is 0. The Labute approximate surface area is 570 Å². The van der Waals surface area contributed by atoms with Crippen LogP contribution in [0, 0.1) is 0 Å². The largest absolute Gasteiger partial charge is 0.471 e. The molecule has 0 saturated heterocycles. The van der Waals surface area contributed by atoms with E-state index < -0.39 is 0 Å². The smallest absolute Gasteiger partial charge is 0.290 e. The van der Waals surface area contributed by atoms with Crippen LogP contribution >= 0.6 is 0 Å². The van der Waals surface area contributed by atoms with Gasteiger partial charge in [0, 0.05) is 43.7 Å². The van der Waals surface area contributed by atoms with Gasteiger partial charge in [-0.3, -0.25) is 0 Å². The van der Waals surface area contributed by atoms with Crippen molar-refractivity contribution in [1.82, 2.24) is 4.57 Å². The molecule has 8 heterocycles. The van der Waals surface area contributed by atoms with E-state index in [4.69, 9.17) is 22.4 Å². The van der Waals surface area contributed by atoms with E-state index >= 15 is 0 Å². The van der Waals surface area contributed by atoms with Crippen LogP contribution in [0.4, 0.5) is 17.1 Å². The van der Waals surface area contributed by atoms with Gasteiger partial charge in [0.2, 0.25) is 0 Å². The molecule has 22 rings (SSSR count). The van der Waals surface area contributed by atoms with Crippen molar-refractivity contribution in [2.45, 2.75) is 0 Å². The Kier molecular flexibility index (Phi) is 12.4. The highest BCUT2D eigenvalue weighted by molar-refractivity contribution is 7.13. The van der Waals surface area contributed by atoms with E-state index in [2.05, 4.69) is 313 Å².